The predicted molar refractivity (Wildman–Crippen MR) is 116 cm³/mol. The van der Waals surface area contributed by atoms with Gasteiger partial charge in [-0.3, -0.25) is 4.79 Å². The lowest BCUT2D eigenvalue weighted by Crippen LogP contribution is -2.16. The van der Waals surface area contributed by atoms with Crippen LogP contribution in [0, 0.1) is 5.82 Å². The van der Waals surface area contributed by atoms with Crippen LogP contribution in [-0.2, 0) is 0 Å². The highest BCUT2D eigenvalue weighted by Crippen LogP contribution is 2.22. The van der Waals surface area contributed by atoms with Gasteiger partial charge in [-0.05, 0) is 43.3 Å². The second-order valence-electron chi connectivity index (χ2n) is 6.87. The van der Waals surface area contributed by atoms with Crippen LogP contribution in [0.3, 0.4) is 0 Å². The van der Waals surface area contributed by atoms with E-state index in [-0.39, 0.29) is 16.8 Å². The van der Waals surface area contributed by atoms with Crippen molar-refractivity contribution < 1.29 is 4.39 Å². The Kier molecular flexibility index (Phi) is 5.02. The molecule has 2 aromatic heterocycles. The molecule has 0 aliphatic heterocycles. The molecule has 4 rings (SSSR count). The molecule has 0 N–H and O–H groups in total. The molecule has 0 atom stereocenters. The monoisotopic (exact) mass is 401 g/mol. The third kappa shape index (κ3) is 3.53. The number of allylic oxidation sites excluding steroid dienone is 1. The van der Waals surface area contributed by atoms with Crippen molar-refractivity contribution in [3.8, 4) is 22.8 Å². The minimum atomic E-state index is -0.436. The number of halogens is 1. The molecule has 0 fully saturated rings. The fourth-order valence-electron chi connectivity index (χ4n) is 3.09. The summed E-state index contributed by atoms with van der Waals surface area (Å²) in [7, 11) is 1.93. The standard InChI is InChI=1S/C23H20FN5O/c1-16(2)27(3)17-7-6-8-18(15-17)28-14-12-22(30)23(26-28)21-11-13-25-29(21)20-10-5-4-9-19(20)24/h4-15H,1H2,2-3H3. The largest absolute Gasteiger partial charge is 0.349 e. The van der Waals surface area contributed by atoms with Crippen LogP contribution in [0.25, 0.3) is 22.8 Å². The topological polar surface area (TPSA) is 56.0 Å². The molecule has 0 radical (unpaired) electrons. The quantitative estimate of drug-likeness (QED) is 0.503. The molecule has 2 aromatic carbocycles. The summed E-state index contributed by atoms with van der Waals surface area (Å²) in [5, 5.41) is 8.72. The van der Waals surface area contributed by atoms with Crippen LogP contribution in [0.15, 0.2) is 90.1 Å². The molecule has 0 aliphatic rings. The number of rotatable bonds is 5. The average molecular weight is 401 g/mol. The summed E-state index contributed by atoms with van der Waals surface area (Å²) in [5.41, 5.74) is 3.18. The zero-order valence-electron chi connectivity index (χ0n) is 16.7. The maximum Gasteiger partial charge on any atom is 0.209 e. The summed E-state index contributed by atoms with van der Waals surface area (Å²) in [6.07, 6.45) is 3.12. The molecule has 0 saturated carbocycles. The van der Waals surface area contributed by atoms with Crippen molar-refractivity contribution in [2.45, 2.75) is 6.92 Å². The number of para-hydroxylation sites is 1. The summed E-state index contributed by atoms with van der Waals surface area (Å²) in [6, 6.07) is 17.1. The van der Waals surface area contributed by atoms with Crippen molar-refractivity contribution in [1.82, 2.24) is 19.6 Å². The molecule has 0 saturated heterocycles. The van der Waals surface area contributed by atoms with Gasteiger partial charge in [-0.25, -0.2) is 13.8 Å². The van der Waals surface area contributed by atoms with Crippen LogP contribution in [0.1, 0.15) is 6.92 Å². The third-order valence-electron chi connectivity index (χ3n) is 4.83. The van der Waals surface area contributed by atoms with Gasteiger partial charge in [0.2, 0.25) is 5.43 Å². The van der Waals surface area contributed by atoms with Crippen molar-refractivity contribution in [1.29, 1.82) is 0 Å². The Hall–Kier alpha value is -4.00. The average Bonchev–Trinajstić information content (AvgIpc) is 3.23. The smallest absolute Gasteiger partial charge is 0.209 e. The van der Waals surface area contributed by atoms with Gasteiger partial charge in [0.1, 0.15) is 11.5 Å². The van der Waals surface area contributed by atoms with Gasteiger partial charge in [-0.2, -0.15) is 10.2 Å². The zero-order valence-corrected chi connectivity index (χ0v) is 16.7. The van der Waals surface area contributed by atoms with Crippen LogP contribution >= 0.6 is 0 Å². The Morgan fingerprint density at radius 3 is 2.67 bits per heavy atom. The molecular weight excluding hydrogens is 381 g/mol. The van der Waals surface area contributed by atoms with Crippen molar-refractivity contribution in [2.75, 3.05) is 11.9 Å². The van der Waals surface area contributed by atoms with Crippen molar-refractivity contribution in [3.63, 3.8) is 0 Å². The first-order valence-corrected chi connectivity index (χ1v) is 9.34. The molecule has 7 heteroatoms. The van der Waals surface area contributed by atoms with Gasteiger partial charge in [-0.1, -0.05) is 24.8 Å². The number of nitrogens with zero attached hydrogens (tertiary/aromatic N) is 5. The van der Waals surface area contributed by atoms with E-state index in [1.165, 1.54) is 23.0 Å². The first-order valence-electron chi connectivity index (χ1n) is 9.34. The van der Waals surface area contributed by atoms with E-state index in [9.17, 15) is 9.18 Å². The lowest BCUT2D eigenvalue weighted by atomic mass is 10.2. The minimum absolute atomic E-state index is 0.178. The van der Waals surface area contributed by atoms with E-state index < -0.39 is 5.82 Å². The minimum Gasteiger partial charge on any atom is -0.349 e. The second-order valence-corrected chi connectivity index (χ2v) is 6.87. The van der Waals surface area contributed by atoms with Gasteiger partial charge >= 0.3 is 0 Å². The summed E-state index contributed by atoms with van der Waals surface area (Å²) < 4.78 is 17.3. The van der Waals surface area contributed by atoms with Gasteiger partial charge in [0.25, 0.3) is 0 Å². The second kappa shape index (κ2) is 7.79. The van der Waals surface area contributed by atoms with Crippen LogP contribution in [-0.4, -0.2) is 26.6 Å². The molecule has 0 aliphatic carbocycles. The summed E-state index contributed by atoms with van der Waals surface area (Å²) in [5.74, 6) is -0.436. The first kappa shape index (κ1) is 19.3. The normalized spacial score (nSPS) is 10.8. The number of aromatic nitrogens is 4. The maximum atomic E-state index is 14.3. The third-order valence-corrected chi connectivity index (χ3v) is 4.83. The molecule has 0 amide bonds. The molecule has 0 bridgehead atoms. The summed E-state index contributed by atoms with van der Waals surface area (Å²) in [6.45, 7) is 5.88. The summed E-state index contributed by atoms with van der Waals surface area (Å²) in [4.78, 5) is 14.6. The fraction of sp³-hybridized carbons (Fsp3) is 0.0870. The Morgan fingerprint density at radius 1 is 1.10 bits per heavy atom. The fourth-order valence-corrected chi connectivity index (χ4v) is 3.09. The lowest BCUT2D eigenvalue weighted by molar-refractivity contribution is 0.611. The van der Waals surface area contributed by atoms with Crippen molar-refractivity contribution >= 4 is 5.69 Å². The number of benzene rings is 2. The highest BCUT2D eigenvalue weighted by Gasteiger charge is 2.16. The number of anilines is 1. The first-order chi connectivity index (χ1) is 14.5. The molecule has 0 spiro atoms. The van der Waals surface area contributed by atoms with E-state index in [0.717, 1.165) is 17.1 Å². The van der Waals surface area contributed by atoms with Crippen LogP contribution in [0.4, 0.5) is 10.1 Å². The molecule has 30 heavy (non-hydrogen) atoms. The molecule has 6 nitrogen and oxygen atoms in total. The number of hydrogen-bond donors (Lipinski definition) is 0. The van der Waals surface area contributed by atoms with Crippen LogP contribution < -0.4 is 10.3 Å². The van der Waals surface area contributed by atoms with E-state index in [0.29, 0.717) is 5.69 Å². The zero-order chi connectivity index (χ0) is 21.3. The van der Waals surface area contributed by atoms with Crippen LogP contribution in [0.2, 0.25) is 0 Å². The molecule has 0 unspecified atom stereocenters. The van der Waals surface area contributed by atoms with Crippen LogP contribution in [0.5, 0.6) is 0 Å². The van der Waals surface area contributed by atoms with Gasteiger partial charge in [0.05, 0.1) is 17.6 Å². The summed E-state index contributed by atoms with van der Waals surface area (Å²) >= 11 is 0. The van der Waals surface area contributed by atoms with Crippen molar-refractivity contribution in [2.24, 2.45) is 0 Å². The van der Waals surface area contributed by atoms with Crippen molar-refractivity contribution in [3.05, 3.63) is 101 Å². The van der Waals surface area contributed by atoms with Gasteiger partial charge < -0.3 is 4.90 Å². The van der Waals surface area contributed by atoms with Gasteiger partial charge in [0, 0.05) is 30.7 Å². The van der Waals surface area contributed by atoms with E-state index in [1.807, 2.05) is 43.1 Å². The Bertz CT molecular complexity index is 1290. The highest BCUT2D eigenvalue weighted by atomic mass is 19.1. The molecule has 150 valence electrons. The van der Waals surface area contributed by atoms with E-state index in [1.54, 1.807) is 35.1 Å². The lowest BCUT2D eigenvalue weighted by Gasteiger charge is -2.20. The van der Waals surface area contributed by atoms with Gasteiger partial charge in [0.15, 0.2) is 5.69 Å². The van der Waals surface area contributed by atoms with E-state index in [2.05, 4.69) is 16.8 Å². The predicted octanol–water partition coefficient (Wildman–Crippen LogP) is 4.19. The molecular formula is C23H20FN5O. The number of hydrogen-bond acceptors (Lipinski definition) is 4. The molecule has 2 heterocycles. The Labute approximate surface area is 173 Å². The van der Waals surface area contributed by atoms with E-state index >= 15 is 0 Å². The SMILES string of the molecule is C=C(C)N(C)c1cccc(-n2ccc(=O)c(-c3ccnn3-c3ccccc3F)n2)c1. The Morgan fingerprint density at radius 2 is 1.90 bits per heavy atom. The Balaban J connectivity index is 1.82. The van der Waals surface area contributed by atoms with Gasteiger partial charge in [-0.15, -0.1) is 0 Å². The highest BCUT2D eigenvalue weighted by molar-refractivity contribution is 5.59. The van der Waals surface area contributed by atoms with E-state index in [4.69, 9.17) is 0 Å². The molecule has 4 aromatic rings. The maximum absolute atomic E-state index is 14.3.